The molecule has 74 valence electrons. The molecule has 1 heterocycles. The van der Waals surface area contributed by atoms with Crippen molar-refractivity contribution in [2.24, 2.45) is 0 Å². The third kappa shape index (κ3) is 1.72. The van der Waals surface area contributed by atoms with Crippen LogP contribution in [0.3, 0.4) is 0 Å². The predicted octanol–water partition coefficient (Wildman–Crippen LogP) is 4.66. The molecule has 0 spiro atoms. The summed E-state index contributed by atoms with van der Waals surface area (Å²) in [6.07, 6.45) is 2.12. The number of aromatic amines is 1. The van der Waals surface area contributed by atoms with E-state index in [9.17, 15) is 0 Å². The van der Waals surface area contributed by atoms with Crippen LogP contribution >= 0.6 is 38.5 Å². The van der Waals surface area contributed by atoms with Gasteiger partial charge < -0.3 is 4.98 Å². The lowest BCUT2D eigenvalue weighted by Crippen LogP contribution is -1.84. The SMILES string of the molecule is CC(C)c1c[nH]c2c(I)cc(Br)cc12. The van der Waals surface area contributed by atoms with E-state index in [1.165, 1.54) is 20.0 Å². The largest absolute Gasteiger partial charge is 0.360 e. The molecule has 1 aromatic carbocycles. The highest BCUT2D eigenvalue weighted by Crippen LogP contribution is 2.30. The summed E-state index contributed by atoms with van der Waals surface area (Å²) in [5, 5.41) is 1.33. The molecule has 0 saturated carbocycles. The van der Waals surface area contributed by atoms with Crippen molar-refractivity contribution in [3.8, 4) is 0 Å². The first kappa shape index (κ1) is 10.5. The van der Waals surface area contributed by atoms with E-state index in [-0.39, 0.29) is 0 Å². The number of benzene rings is 1. The molecule has 14 heavy (non-hydrogen) atoms. The Balaban J connectivity index is 2.78. The van der Waals surface area contributed by atoms with Crippen LogP contribution < -0.4 is 0 Å². The van der Waals surface area contributed by atoms with Crippen LogP contribution in [0.15, 0.2) is 22.8 Å². The van der Waals surface area contributed by atoms with Gasteiger partial charge in [-0.05, 0) is 46.2 Å². The summed E-state index contributed by atoms with van der Waals surface area (Å²) in [6.45, 7) is 4.44. The Morgan fingerprint density at radius 1 is 1.36 bits per heavy atom. The number of nitrogens with one attached hydrogen (secondary N) is 1. The summed E-state index contributed by atoms with van der Waals surface area (Å²) in [5.41, 5.74) is 2.64. The molecule has 1 N–H and O–H groups in total. The lowest BCUT2D eigenvalue weighted by Gasteiger charge is -2.03. The van der Waals surface area contributed by atoms with Gasteiger partial charge in [0.05, 0.1) is 5.52 Å². The molecular weight excluding hydrogens is 353 g/mol. The smallest absolute Gasteiger partial charge is 0.0593 e. The quantitative estimate of drug-likeness (QED) is 0.709. The van der Waals surface area contributed by atoms with Gasteiger partial charge in [-0.1, -0.05) is 29.8 Å². The van der Waals surface area contributed by atoms with Gasteiger partial charge in [0.2, 0.25) is 0 Å². The molecule has 0 saturated heterocycles. The van der Waals surface area contributed by atoms with Crippen LogP contribution in [-0.4, -0.2) is 4.98 Å². The molecule has 0 aliphatic heterocycles. The molecule has 2 rings (SSSR count). The van der Waals surface area contributed by atoms with Gasteiger partial charge in [0.25, 0.3) is 0 Å². The zero-order valence-corrected chi connectivity index (χ0v) is 11.8. The van der Waals surface area contributed by atoms with Crippen LogP contribution in [0.1, 0.15) is 25.3 Å². The summed E-state index contributed by atoms with van der Waals surface area (Å²) in [7, 11) is 0. The summed E-state index contributed by atoms with van der Waals surface area (Å²) in [5.74, 6) is 0.564. The van der Waals surface area contributed by atoms with Crippen molar-refractivity contribution in [2.75, 3.05) is 0 Å². The fourth-order valence-corrected chi connectivity index (χ4v) is 3.32. The number of fused-ring (bicyclic) bond motifs is 1. The molecule has 0 fully saturated rings. The van der Waals surface area contributed by atoms with Crippen LogP contribution in [0.25, 0.3) is 10.9 Å². The number of rotatable bonds is 1. The first-order valence-corrected chi connectivity index (χ1v) is 6.43. The van der Waals surface area contributed by atoms with E-state index in [1.54, 1.807) is 0 Å². The Morgan fingerprint density at radius 2 is 2.07 bits per heavy atom. The molecule has 0 radical (unpaired) electrons. The molecule has 0 amide bonds. The van der Waals surface area contributed by atoms with Crippen LogP contribution in [-0.2, 0) is 0 Å². The fraction of sp³-hybridized carbons (Fsp3) is 0.273. The second kappa shape index (κ2) is 3.85. The predicted molar refractivity (Wildman–Crippen MR) is 72.8 cm³/mol. The molecular formula is C11H11BrIN. The minimum atomic E-state index is 0.564. The van der Waals surface area contributed by atoms with Crippen LogP contribution in [0.4, 0.5) is 0 Å². The molecule has 0 aliphatic carbocycles. The normalized spacial score (nSPS) is 11.5. The Bertz CT molecular complexity index is 473. The van der Waals surface area contributed by atoms with E-state index in [0.717, 1.165) is 4.47 Å². The number of hydrogen-bond donors (Lipinski definition) is 1. The highest BCUT2D eigenvalue weighted by atomic mass is 127. The summed E-state index contributed by atoms with van der Waals surface area (Å²) < 4.78 is 2.41. The third-order valence-corrected chi connectivity index (χ3v) is 3.67. The van der Waals surface area contributed by atoms with Crippen molar-refractivity contribution in [1.29, 1.82) is 0 Å². The van der Waals surface area contributed by atoms with Crippen molar-refractivity contribution >= 4 is 49.4 Å². The average molecular weight is 364 g/mol. The second-order valence-corrected chi connectivity index (χ2v) is 5.79. The lowest BCUT2D eigenvalue weighted by molar-refractivity contribution is 0.875. The zero-order valence-electron chi connectivity index (χ0n) is 8.07. The maximum atomic E-state index is 3.53. The molecule has 2 aromatic rings. The van der Waals surface area contributed by atoms with Gasteiger partial charge >= 0.3 is 0 Å². The molecule has 0 unspecified atom stereocenters. The lowest BCUT2D eigenvalue weighted by atomic mass is 10.0. The van der Waals surface area contributed by atoms with Gasteiger partial charge in [0.1, 0.15) is 0 Å². The van der Waals surface area contributed by atoms with Gasteiger partial charge in [-0.2, -0.15) is 0 Å². The first-order chi connectivity index (χ1) is 6.59. The van der Waals surface area contributed by atoms with E-state index in [1.807, 2.05) is 0 Å². The van der Waals surface area contributed by atoms with E-state index in [2.05, 4.69) is 75.7 Å². The van der Waals surface area contributed by atoms with Crippen LogP contribution in [0, 0.1) is 3.57 Å². The van der Waals surface area contributed by atoms with Gasteiger partial charge in [-0.25, -0.2) is 0 Å². The van der Waals surface area contributed by atoms with Crippen molar-refractivity contribution in [3.05, 3.63) is 31.9 Å². The molecule has 1 nitrogen and oxygen atoms in total. The zero-order chi connectivity index (χ0) is 10.3. The van der Waals surface area contributed by atoms with Crippen LogP contribution in [0.5, 0.6) is 0 Å². The van der Waals surface area contributed by atoms with Gasteiger partial charge in [0.15, 0.2) is 0 Å². The van der Waals surface area contributed by atoms with E-state index < -0.39 is 0 Å². The number of aromatic nitrogens is 1. The molecule has 0 atom stereocenters. The van der Waals surface area contributed by atoms with E-state index in [0.29, 0.717) is 5.92 Å². The molecule has 1 aromatic heterocycles. The fourth-order valence-electron chi connectivity index (χ4n) is 1.65. The van der Waals surface area contributed by atoms with Crippen molar-refractivity contribution in [2.45, 2.75) is 19.8 Å². The second-order valence-electron chi connectivity index (χ2n) is 3.71. The minimum Gasteiger partial charge on any atom is -0.360 e. The van der Waals surface area contributed by atoms with Gasteiger partial charge in [-0.3, -0.25) is 0 Å². The Morgan fingerprint density at radius 3 is 2.71 bits per heavy atom. The van der Waals surface area contributed by atoms with Crippen molar-refractivity contribution in [1.82, 2.24) is 4.98 Å². The summed E-state index contributed by atoms with van der Waals surface area (Å²) in [4.78, 5) is 3.34. The highest BCUT2D eigenvalue weighted by molar-refractivity contribution is 14.1. The standard InChI is InChI=1S/C11H11BrIN/c1-6(2)9-5-14-11-8(9)3-7(12)4-10(11)13/h3-6,14H,1-2H3. The molecule has 0 bridgehead atoms. The maximum absolute atomic E-state index is 3.53. The monoisotopic (exact) mass is 363 g/mol. The first-order valence-electron chi connectivity index (χ1n) is 4.55. The maximum Gasteiger partial charge on any atom is 0.0593 e. The topological polar surface area (TPSA) is 15.8 Å². The Kier molecular flexibility index (Phi) is 2.88. The number of hydrogen-bond acceptors (Lipinski definition) is 0. The Labute approximate surface area is 106 Å². The molecule has 0 aliphatic rings. The third-order valence-electron chi connectivity index (χ3n) is 2.36. The number of halogens is 2. The van der Waals surface area contributed by atoms with E-state index >= 15 is 0 Å². The van der Waals surface area contributed by atoms with Crippen LogP contribution in [0.2, 0.25) is 0 Å². The summed E-state index contributed by atoms with van der Waals surface area (Å²) in [6, 6.07) is 4.31. The minimum absolute atomic E-state index is 0.564. The Hall–Kier alpha value is -0.0300. The van der Waals surface area contributed by atoms with Crippen molar-refractivity contribution in [3.63, 3.8) is 0 Å². The molecule has 3 heteroatoms. The van der Waals surface area contributed by atoms with Gasteiger partial charge in [0, 0.05) is 19.6 Å². The summed E-state index contributed by atoms with van der Waals surface area (Å²) >= 11 is 5.89. The van der Waals surface area contributed by atoms with Crippen molar-refractivity contribution < 1.29 is 0 Å². The van der Waals surface area contributed by atoms with Gasteiger partial charge in [-0.15, -0.1) is 0 Å². The van der Waals surface area contributed by atoms with E-state index in [4.69, 9.17) is 0 Å². The number of H-pyrrole nitrogens is 1. The average Bonchev–Trinajstić information content (AvgIpc) is 2.47. The highest BCUT2D eigenvalue weighted by Gasteiger charge is 2.09.